The van der Waals surface area contributed by atoms with Crippen LogP contribution in [0.15, 0.2) is 0 Å². The topological polar surface area (TPSA) is 43.8 Å². The van der Waals surface area contributed by atoms with Crippen molar-refractivity contribution in [3.05, 3.63) is 0 Å². The summed E-state index contributed by atoms with van der Waals surface area (Å²) in [7, 11) is 1.90. The van der Waals surface area contributed by atoms with Crippen molar-refractivity contribution in [2.75, 3.05) is 26.7 Å². The Balaban J connectivity index is 2.49. The minimum absolute atomic E-state index is 0.136. The maximum Gasteiger partial charge on any atom is 0.239 e. The van der Waals surface area contributed by atoms with Gasteiger partial charge in [0.15, 0.2) is 0 Å². The Labute approximate surface area is 105 Å². The average molecular weight is 242 g/mol. The molecule has 1 aliphatic heterocycles. The van der Waals surface area contributed by atoms with Gasteiger partial charge in [-0.15, -0.1) is 0 Å². The number of carbonyl (C=O) groups is 1. The van der Waals surface area contributed by atoms with Gasteiger partial charge in [0.25, 0.3) is 0 Å². The molecule has 1 fully saturated rings. The first-order valence-corrected chi connectivity index (χ1v) is 6.69. The molecule has 2 unspecified atom stereocenters. The third-order valence-corrected chi connectivity index (χ3v) is 3.49. The monoisotopic (exact) mass is 242 g/mol. The van der Waals surface area contributed by atoms with E-state index in [0.29, 0.717) is 6.54 Å². The maximum absolute atomic E-state index is 12.3. The summed E-state index contributed by atoms with van der Waals surface area (Å²) in [6.07, 6.45) is 4.33. The number of aliphatic hydroxyl groups excluding tert-OH is 1. The van der Waals surface area contributed by atoms with Crippen LogP contribution in [0.3, 0.4) is 0 Å². The van der Waals surface area contributed by atoms with Crippen molar-refractivity contribution < 1.29 is 9.90 Å². The second kappa shape index (κ2) is 6.97. The molecule has 100 valence electrons. The molecule has 0 aromatic heterocycles. The largest absolute Gasteiger partial charge is 0.392 e. The van der Waals surface area contributed by atoms with Crippen LogP contribution in [0.5, 0.6) is 0 Å². The molecular formula is C13H26N2O2. The van der Waals surface area contributed by atoms with E-state index in [1.807, 2.05) is 23.8 Å². The predicted octanol–water partition coefficient (Wildman–Crippen LogP) is 1.09. The van der Waals surface area contributed by atoms with Crippen LogP contribution in [0.4, 0.5) is 0 Å². The molecule has 0 saturated carbocycles. The van der Waals surface area contributed by atoms with Gasteiger partial charge in [-0.2, -0.15) is 0 Å². The normalized spacial score (nSPS) is 21.1. The Bertz CT molecular complexity index is 236. The number of likely N-dealkylation sites (tertiary alicyclic amines) is 1. The Morgan fingerprint density at radius 1 is 1.24 bits per heavy atom. The van der Waals surface area contributed by atoms with Gasteiger partial charge in [0.1, 0.15) is 0 Å². The number of rotatable bonds is 4. The van der Waals surface area contributed by atoms with Gasteiger partial charge < -0.3 is 10.0 Å². The quantitative estimate of drug-likeness (QED) is 0.802. The van der Waals surface area contributed by atoms with Gasteiger partial charge in [-0.05, 0) is 33.7 Å². The van der Waals surface area contributed by atoms with Gasteiger partial charge in [-0.3, -0.25) is 9.69 Å². The molecule has 0 aliphatic carbocycles. The highest BCUT2D eigenvalue weighted by Crippen LogP contribution is 2.12. The molecule has 0 spiro atoms. The minimum Gasteiger partial charge on any atom is -0.392 e. The molecule has 0 aromatic carbocycles. The van der Waals surface area contributed by atoms with E-state index in [0.717, 1.165) is 25.9 Å². The second-order valence-electron chi connectivity index (χ2n) is 5.20. The molecule has 1 heterocycles. The lowest BCUT2D eigenvalue weighted by molar-refractivity contribution is -0.136. The first-order valence-electron chi connectivity index (χ1n) is 6.69. The van der Waals surface area contributed by atoms with Crippen LogP contribution in [0, 0.1) is 0 Å². The van der Waals surface area contributed by atoms with E-state index >= 15 is 0 Å². The van der Waals surface area contributed by atoms with Crippen molar-refractivity contribution in [1.82, 2.24) is 9.80 Å². The third-order valence-electron chi connectivity index (χ3n) is 3.49. The van der Waals surface area contributed by atoms with E-state index in [2.05, 4.69) is 0 Å². The van der Waals surface area contributed by atoms with Gasteiger partial charge >= 0.3 is 0 Å². The number of nitrogens with zero attached hydrogens (tertiary/aromatic N) is 2. The summed E-state index contributed by atoms with van der Waals surface area (Å²) < 4.78 is 0. The predicted molar refractivity (Wildman–Crippen MR) is 68.8 cm³/mol. The van der Waals surface area contributed by atoms with E-state index in [9.17, 15) is 9.90 Å². The van der Waals surface area contributed by atoms with E-state index in [1.165, 1.54) is 12.8 Å². The van der Waals surface area contributed by atoms with Crippen LogP contribution in [-0.2, 0) is 4.79 Å². The lowest BCUT2D eigenvalue weighted by Crippen LogP contribution is -2.47. The molecule has 2 atom stereocenters. The summed E-state index contributed by atoms with van der Waals surface area (Å²) in [5.41, 5.74) is 0. The first kappa shape index (κ1) is 14.5. The highest BCUT2D eigenvalue weighted by molar-refractivity contribution is 5.81. The molecule has 17 heavy (non-hydrogen) atoms. The molecule has 4 nitrogen and oxygen atoms in total. The van der Waals surface area contributed by atoms with Crippen molar-refractivity contribution in [3.63, 3.8) is 0 Å². The van der Waals surface area contributed by atoms with Gasteiger partial charge in [-0.1, -0.05) is 12.8 Å². The van der Waals surface area contributed by atoms with Gasteiger partial charge in [-0.25, -0.2) is 0 Å². The SMILES string of the molecule is CC(O)CN(C)C(C)C(=O)N1CCCCCC1. The summed E-state index contributed by atoms with van der Waals surface area (Å²) in [6.45, 7) is 6.01. The van der Waals surface area contributed by atoms with Crippen LogP contribution in [0.2, 0.25) is 0 Å². The second-order valence-corrected chi connectivity index (χ2v) is 5.20. The molecular weight excluding hydrogens is 216 g/mol. The Morgan fingerprint density at radius 3 is 2.24 bits per heavy atom. The Kier molecular flexibility index (Phi) is 5.92. The Morgan fingerprint density at radius 2 is 1.76 bits per heavy atom. The number of hydrogen-bond donors (Lipinski definition) is 1. The molecule has 1 amide bonds. The molecule has 1 saturated heterocycles. The number of hydrogen-bond acceptors (Lipinski definition) is 3. The molecule has 0 aromatic rings. The van der Waals surface area contributed by atoms with E-state index in [1.54, 1.807) is 6.92 Å². The third kappa shape index (κ3) is 4.64. The van der Waals surface area contributed by atoms with Crippen LogP contribution in [0.25, 0.3) is 0 Å². The zero-order valence-electron chi connectivity index (χ0n) is 11.4. The van der Waals surface area contributed by atoms with Crippen molar-refractivity contribution in [2.45, 2.75) is 51.7 Å². The summed E-state index contributed by atoms with van der Waals surface area (Å²) in [4.78, 5) is 16.2. The molecule has 4 heteroatoms. The lowest BCUT2D eigenvalue weighted by Gasteiger charge is -2.30. The highest BCUT2D eigenvalue weighted by atomic mass is 16.3. The first-order chi connectivity index (χ1) is 8.02. The van der Waals surface area contributed by atoms with Gasteiger partial charge in [0, 0.05) is 19.6 Å². The van der Waals surface area contributed by atoms with Gasteiger partial charge in [0.2, 0.25) is 5.91 Å². The zero-order chi connectivity index (χ0) is 12.8. The van der Waals surface area contributed by atoms with Crippen molar-refractivity contribution >= 4 is 5.91 Å². The summed E-state index contributed by atoms with van der Waals surface area (Å²) in [5, 5.41) is 9.34. The van der Waals surface area contributed by atoms with Crippen molar-refractivity contribution in [3.8, 4) is 0 Å². The van der Waals surface area contributed by atoms with Crippen LogP contribution in [0.1, 0.15) is 39.5 Å². The molecule has 1 N–H and O–H groups in total. The molecule has 1 rings (SSSR count). The minimum atomic E-state index is -0.389. The van der Waals surface area contributed by atoms with Crippen LogP contribution >= 0.6 is 0 Å². The van der Waals surface area contributed by atoms with E-state index in [-0.39, 0.29) is 18.1 Å². The van der Waals surface area contributed by atoms with E-state index in [4.69, 9.17) is 0 Å². The van der Waals surface area contributed by atoms with Crippen LogP contribution in [-0.4, -0.2) is 59.6 Å². The van der Waals surface area contributed by atoms with Crippen molar-refractivity contribution in [1.29, 1.82) is 0 Å². The molecule has 1 aliphatic rings. The number of likely N-dealkylation sites (N-methyl/N-ethyl adjacent to an activating group) is 1. The number of amides is 1. The summed E-state index contributed by atoms with van der Waals surface area (Å²) in [5.74, 6) is 0.204. The molecule has 0 bridgehead atoms. The fraction of sp³-hybridized carbons (Fsp3) is 0.923. The fourth-order valence-electron chi connectivity index (χ4n) is 2.32. The Hall–Kier alpha value is -0.610. The summed E-state index contributed by atoms with van der Waals surface area (Å²) in [6, 6.07) is -0.136. The average Bonchev–Trinajstić information content (AvgIpc) is 2.54. The highest BCUT2D eigenvalue weighted by Gasteiger charge is 2.24. The van der Waals surface area contributed by atoms with Gasteiger partial charge in [0.05, 0.1) is 12.1 Å². The standard InChI is InChI=1S/C13H26N2O2/c1-11(16)10-14(3)12(2)13(17)15-8-6-4-5-7-9-15/h11-12,16H,4-10H2,1-3H3. The zero-order valence-corrected chi connectivity index (χ0v) is 11.4. The number of aliphatic hydroxyl groups is 1. The smallest absolute Gasteiger partial charge is 0.239 e. The molecule has 0 radical (unpaired) electrons. The number of carbonyl (C=O) groups excluding carboxylic acids is 1. The summed E-state index contributed by atoms with van der Waals surface area (Å²) >= 11 is 0. The fourth-order valence-corrected chi connectivity index (χ4v) is 2.32. The van der Waals surface area contributed by atoms with Crippen molar-refractivity contribution in [2.24, 2.45) is 0 Å². The maximum atomic E-state index is 12.3. The van der Waals surface area contributed by atoms with Crippen LogP contribution < -0.4 is 0 Å². The van der Waals surface area contributed by atoms with E-state index < -0.39 is 0 Å². The lowest BCUT2D eigenvalue weighted by atomic mass is 10.2.